The molecule has 13 heteroatoms. The zero-order valence-corrected chi connectivity index (χ0v) is 26.4. The lowest BCUT2D eigenvalue weighted by Gasteiger charge is -2.10. The van der Waals surface area contributed by atoms with Crippen molar-refractivity contribution in [3.8, 4) is 22.6 Å². The number of alkyl halides is 3. The topological polar surface area (TPSA) is 92.8 Å². The summed E-state index contributed by atoms with van der Waals surface area (Å²) >= 11 is 13.4. The van der Waals surface area contributed by atoms with Gasteiger partial charge in [0.1, 0.15) is 17.2 Å². The number of hydrazone groups is 1. The summed E-state index contributed by atoms with van der Waals surface area (Å²) in [7, 11) is 1.51. The third-order valence-electron chi connectivity index (χ3n) is 6.43. The van der Waals surface area contributed by atoms with Gasteiger partial charge in [-0.2, -0.15) is 18.3 Å². The number of amides is 1. The van der Waals surface area contributed by atoms with Gasteiger partial charge in [0.15, 0.2) is 0 Å². The van der Waals surface area contributed by atoms with E-state index in [0.717, 1.165) is 12.1 Å². The Morgan fingerprint density at radius 3 is 2.45 bits per heavy atom. The Morgan fingerprint density at radius 2 is 1.73 bits per heavy atom. The van der Waals surface area contributed by atoms with Gasteiger partial charge in [0, 0.05) is 36.0 Å². The van der Waals surface area contributed by atoms with Gasteiger partial charge >= 0.3 is 12.1 Å². The highest BCUT2D eigenvalue weighted by atomic mass is 79.9. The van der Waals surface area contributed by atoms with Crippen LogP contribution in [0.15, 0.2) is 92.9 Å². The monoisotopic (exact) mass is 747 g/mol. The van der Waals surface area contributed by atoms with Gasteiger partial charge in [-0.25, -0.2) is 10.2 Å². The third-order valence-corrected chi connectivity index (χ3v) is 7.91. The van der Waals surface area contributed by atoms with Crippen LogP contribution in [-0.4, -0.2) is 30.2 Å². The van der Waals surface area contributed by atoms with Crippen LogP contribution in [0.3, 0.4) is 0 Å². The maximum Gasteiger partial charge on any atom is 0.416 e. The fourth-order valence-electron chi connectivity index (χ4n) is 4.42. The van der Waals surface area contributed by atoms with Crippen LogP contribution in [0.1, 0.15) is 32.0 Å². The lowest BCUT2D eigenvalue weighted by atomic mass is 10.0. The number of nitrogens with zero attached hydrogens (tertiary/aromatic N) is 1. The number of aromatic nitrogens is 1. The Morgan fingerprint density at radius 1 is 0.977 bits per heavy atom. The molecule has 0 unspecified atom stereocenters. The second-order valence-electron chi connectivity index (χ2n) is 9.20. The minimum absolute atomic E-state index is 0.00430. The van der Waals surface area contributed by atoms with E-state index in [-0.39, 0.29) is 22.6 Å². The first-order valence-corrected chi connectivity index (χ1v) is 14.6. The lowest BCUT2D eigenvalue weighted by Crippen LogP contribution is -2.19. The normalized spacial score (nSPS) is 11.6. The fraction of sp³-hybridized carbons (Fsp3) is 0.0645. The Labute approximate surface area is 270 Å². The zero-order chi connectivity index (χ0) is 31.6. The van der Waals surface area contributed by atoms with Gasteiger partial charge in [-0.1, -0.05) is 67.7 Å². The first-order valence-electron chi connectivity index (χ1n) is 12.6. The maximum atomic E-state index is 13.5. The molecule has 0 aliphatic carbocycles. The number of hydrogen-bond donors (Lipinski definition) is 2. The van der Waals surface area contributed by atoms with Crippen LogP contribution in [0.5, 0.6) is 11.5 Å². The number of fused-ring (bicyclic) bond motifs is 1. The number of carbonyl (C=O) groups is 2. The summed E-state index contributed by atoms with van der Waals surface area (Å²) in [6.45, 7) is 0. The van der Waals surface area contributed by atoms with Crippen molar-refractivity contribution in [3.05, 3.63) is 115 Å². The highest BCUT2D eigenvalue weighted by Gasteiger charge is 2.31. The molecule has 0 radical (unpaired) electrons. The minimum atomic E-state index is -4.62. The molecule has 0 fully saturated rings. The van der Waals surface area contributed by atoms with Crippen molar-refractivity contribution in [2.75, 3.05) is 7.11 Å². The van der Waals surface area contributed by atoms with Crippen molar-refractivity contribution < 1.29 is 32.2 Å². The molecule has 5 aromatic rings. The number of benzene rings is 4. The maximum absolute atomic E-state index is 13.5. The molecule has 0 saturated heterocycles. The molecule has 0 spiro atoms. The average Bonchev–Trinajstić information content (AvgIpc) is 3.40. The first kappa shape index (κ1) is 31.3. The Bertz CT molecular complexity index is 1940. The quantitative estimate of drug-likeness (QED) is 0.0752. The number of carbonyl (C=O) groups excluding carboxylic acids is 2. The fourth-order valence-corrected chi connectivity index (χ4v) is 5.56. The molecule has 7 nitrogen and oxygen atoms in total. The van der Waals surface area contributed by atoms with E-state index in [0.29, 0.717) is 47.8 Å². The summed E-state index contributed by atoms with van der Waals surface area (Å²) in [5.41, 5.74) is 3.28. The molecular formula is C31H19Br2ClF3N3O4. The van der Waals surface area contributed by atoms with Crippen LogP contribution in [0, 0.1) is 0 Å². The molecule has 1 heterocycles. The van der Waals surface area contributed by atoms with E-state index in [4.69, 9.17) is 21.1 Å². The van der Waals surface area contributed by atoms with Crippen molar-refractivity contribution in [1.29, 1.82) is 0 Å². The molecule has 0 aliphatic heterocycles. The van der Waals surface area contributed by atoms with Gasteiger partial charge in [-0.3, -0.25) is 4.79 Å². The number of halogens is 6. The molecule has 0 atom stereocenters. The van der Waals surface area contributed by atoms with E-state index in [1.165, 1.54) is 25.5 Å². The SMILES string of the molecule is COc1ccc(Br)c2c(-c3ccccc3Cl)c(C(=O)NN=Cc3cc(Br)ccc3OC(=O)c3cccc(C(F)(F)F)c3)[nH]c12. The Balaban J connectivity index is 1.45. The summed E-state index contributed by atoms with van der Waals surface area (Å²) in [6, 6.07) is 19.1. The van der Waals surface area contributed by atoms with Crippen LogP contribution >= 0.6 is 43.5 Å². The Hall–Kier alpha value is -4.13. The van der Waals surface area contributed by atoms with Crippen LogP contribution in [0.2, 0.25) is 5.02 Å². The summed E-state index contributed by atoms with van der Waals surface area (Å²) < 4.78 is 51.6. The number of methoxy groups -OCH3 is 1. The van der Waals surface area contributed by atoms with Crippen LogP contribution in [0.4, 0.5) is 13.2 Å². The molecule has 0 aliphatic rings. The van der Waals surface area contributed by atoms with E-state index in [9.17, 15) is 22.8 Å². The molecular weight excluding hydrogens is 731 g/mol. The first-order chi connectivity index (χ1) is 21.0. The van der Waals surface area contributed by atoms with Crippen molar-refractivity contribution in [3.63, 3.8) is 0 Å². The predicted octanol–water partition coefficient (Wildman–Crippen LogP) is 9.02. The smallest absolute Gasteiger partial charge is 0.416 e. The van der Waals surface area contributed by atoms with E-state index in [1.807, 2.05) is 0 Å². The number of ether oxygens (including phenoxy) is 2. The summed E-state index contributed by atoms with van der Waals surface area (Å²) in [6.07, 6.45) is -3.38. The van der Waals surface area contributed by atoms with Gasteiger partial charge in [0.2, 0.25) is 0 Å². The van der Waals surface area contributed by atoms with Crippen molar-refractivity contribution in [2.24, 2.45) is 5.10 Å². The number of hydrogen-bond acceptors (Lipinski definition) is 5. The highest BCUT2D eigenvalue weighted by molar-refractivity contribution is 9.11. The molecule has 0 saturated carbocycles. The van der Waals surface area contributed by atoms with E-state index in [2.05, 4.69) is 47.4 Å². The molecule has 5 rings (SSSR count). The highest BCUT2D eigenvalue weighted by Crippen LogP contribution is 2.43. The lowest BCUT2D eigenvalue weighted by molar-refractivity contribution is -0.137. The molecule has 1 amide bonds. The molecule has 224 valence electrons. The van der Waals surface area contributed by atoms with E-state index < -0.39 is 23.6 Å². The number of esters is 1. The van der Waals surface area contributed by atoms with E-state index in [1.54, 1.807) is 48.5 Å². The van der Waals surface area contributed by atoms with E-state index >= 15 is 0 Å². The number of nitrogens with one attached hydrogen (secondary N) is 2. The van der Waals surface area contributed by atoms with Crippen molar-refractivity contribution in [1.82, 2.24) is 10.4 Å². The molecule has 2 N–H and O–H groups in total. The minimum Gasteiger partial charge on any atom is -0.495 e. The zero-order valence-electron chi connectivity index (χ0n) is 22.4. The van der Waals surface area contributed by atoms with Gasteiger partial charge in [0.05, 0.1) is 30.0 Å². The van der Waals surface area contributed by atoms with Crippen molar-refractivity contribution >= 4 is 72.5 Å². The summed E-state index contributed by atoms with van der Waals surface area (Å²) in [5.74, 6) is -1.11. The average molecular weight is 750 g/mol. The van der Waals surface area contributed by atoms with Gasteiger partial charge in [-0.15, -0.1) is 0 Å². The second kappa shape index (κ2) is 12.8. The van der Waals surface area contributed by atoms with Gasteiger partial charge in [-0.05, 0) is 54.6 Å². The molecule has 0 bridgehead atoms. The number of H-pyrrole nitrogens is 1. The van der Waals surface area contributed by atoms with Gasteiger partial charge in [0.25, 0.3) is 5.91 Å². The predicted molar refractivity (Wildman–Crippen MR) is 169 cm³/mol. The standard InChI is InChI=1S/C31H19Br2ClF3N3O4/c1-43-24-12-10-21(33)26-25(20-7-2-3-8-22(20)34)28(39-27(24)26)29(41)40-38-15-17-14-19(32)9-11-23(17)44-30(42)16-5-4-6-18(13-16)31(35,36)37/h2-15,39H,1H3,(H,40,41). The molecule has 4 aromatic carbocycles. The Kier molecular flexibility index (Phi) is 9.14. The van der Waals surface area contributed by atoms with Crippen molar-refractivity contribution in [2.45, 2.75) is 6.18 Å². The second-order valence-corrected chi connectivity index (χ2v) is 11.4. The summed E-state index contributed by atoms with van der Waals surface area (Å²) in [5, 5.41) is 5.14. The van der Waals surface area contributed by atoms with Crippen LogP contribution < -0.4 is 14.9 Å². The van der Waals surface area contributed by atoms with Gasteiger partial charge < -0.3 is 14.5 Å². The summed E-state index contributed by atoms with van der Waals surface area (Å²) in [4.78, 5) is 29.3. The van der Waals surface area contributed by atoms with Crippen LogP contribution in [-0.2, 0) is 6.18 Å². The number of aromatic amines is 1. The number of rotatable bonds is 7. The largest absolute Gasteiger partial charge is 0.495 e. The molecule has 1 aromatic heterocycles. The van der Waals surface area contributed by atoms with Crippen LogP contribution in [0.25, 0.3) is 22.0 Å². The molecule has 44 heavy (non-hydrogen) atoms. The third kappa shape index (κ3) is 6.52.